The van der Waals surface area contributed by atoms with E-state index in [4.69, 9.17) is 37.9 Å². The van der Waals surface area contributed by atoms with Crippen LogP contribution in [0.3, 0.4) is 0 Å². The van der Waals surface area contributed by atoms with Gasteiger partial charge < -0.3 is 53.1 Å². The van der Waals surface area contributed by atoms with E-state index in [1.807, 2.05) is 6.07 Å². The maximum atomic E-state index is 15.2. The summed E-state index contributed by atoms with van der Waals surface area (Å²) < 4.78 is 93.1. The molecule has 6 heterocycles. The summed E-state index contributed by atoms with van der Waals surface area (Å²) >= 11 is 0. The van der Waals surface area contributed by atoms with Crippen LogP contribution < -0.4 is 71.0 Å². The molecule has 13 rings (SSSR count). The van der Waals surface area contributed by atoms with Crippen molar-refractivity contribution in [1.29, 1.82) is 0 Å². The molecule has 88 heavy (non-hydrogen) atoms. The minimum absolute atomic E-state index is 0.0645. The predicted molar refractivity (Wildman–Crippen MR) is 314 cm³/mol. The summed E-state index contributed by atoms with van der Waals surface area (Å²) in [5.74, 6) is 0.675. The molecule has 0 spiro atoms. The van der Waals surface area contributed by atoms with E-state index >= 15 is 4.39 Å². The number of benzene rings is 6. The van der Waals surface area contributed by atoms with E-state index < -0.39 is 57.3 Å². The lowest BCUT2D eigenvalue weighted by Crippen LogP contribution is -2.42. The van der Waals surface area contributed by atoms with Crippen LogP contribution in [0.25, 0.3) is 33.2 Å². The Bertz CT molecular complexity index is 4670. The smallest absolute Gasteiger partial charge is 0.335 e. The van der Waals surface area contributed by atoms with Crippen LogP contribution in [0.4, 0.5) is 24.5 Å². The van der Waals surface area contributed by atoms with Gasteiger partial charge in [0.05, 0.1) is 52.1 Å². The lowest BCUT2D eigenvalue weighted by Gasteiger charge is -2.23. The zero-order chi connectivity index (χ0) is 61.3. The number of nitrogens with zero attached hydrogens (tertiary/aromatic N) is 6. The highest BCUT2D eigenvalue weighted by atomic mass is 19.1. The van der Waals surface area contributed by atoms with Gasteiger partial charge in [0.2, 0.25) is 11.5 Å². The Balaban J connectivity index is 0.000000172. The van der Waals surface area contributed by atoms with Gasteiger partial charge in [0, 0.05) is 62.3 Å². The summed E-state index contributed by atoms with van der Waals surface area (Å²) in [5, 5.41) is 6.21. The molecule has 0 atom stereocenters. The first-order chi connectivity index (χ1) is 42.6. The molecule has 3 aliphatic rings. The molecule has 1 fully saturated rings. The molecule has 25 heteroatoms. The summed E-state index contributed by atoms with van der Waals surface area (Å²) in [4.78, 5) is 87.1. The van der Waals surface area contributed by atoms with Crippen molar-refractivity contribution in [2.24, 2.45) is 7.05 Å². The maximum Gasteiger partial charge on any atom is 0.335 e. The van der Waals surface area contributed by atoms with Crippen molar-refractivity contribution < 1.29 is 60.7 Å². The molecule has 10 aromatic rings. The molecule has 2 N–H and O–H groups in total. The highest BCUT2D eigenvalue weighted by molar-refractivity contribution is 6.05. The Morgan fingerprint density at radius 1 is 0.580 bits per heavy atom. The van der Waals surface area contributed by atoms with E-state index in [0.29, 0.717) is 106 Å². The third-order valence-electron chi connectivity index (χ3n) is 14.1. The number of pyridine rings is 2. The largest absolute Gasteiger partial charge is 0.493 e. The van der Waals surface area contributed by atoms with Crippen molar-refractivity contribution in [3.05, 3.63) is 210 Å². The van der Waals surface area contributed by atoms with Crippen molar-refractivity contribution in [3.63, 3.8) is 0 Å². The van der Waals surface area contributed by atoms with Crippen LogP contribution in [0.2, 0.25) is 0 Å². The Morgan fingerprint density at radius 3 is 1.62 bits per heavy atom. The molecule has 2 amide bonds. The van der Waals surface area contributed by atoms with E-state index in [1.54, 1.807) is 55.6 Å². The van der Waals surface area contributed by atoms with Gasteiger partial charge in [-0.05, 0) is 117 Å². The Kier molecular flexibility index (Phi) is 15.5. The summed E-state index contributed by atoms with van der Waals surface area (Å²) in [6, 6.07) is 26.7. The van der Waals surface area contributed by atoms with E-state index in [-0.39, 0.29) is 41.0 Å². The molecule has 4 aromatic heterocycles. The molecule has 2 aliphatic heterocycles. The second-order valence-corrected chi connectivity index (χ2v) is 19.9. The van der Waals surface area contributed by atoms with Crippen molar-refractivity contribution >= 4 is 45.0 Å². The second-order valence-electron chi connectivity index (χ2n) is 19.9. The number of rotatable bonds is 14. The van der Waals surface area contributed by atoms with Crippen molar-refractivity contribution in [3.8, 4) is 68.9 Å². The zero-order valence-corrected chi connectivity index (χ0v) is 46.8. The molecule has 0 bridgehead atoms. The quantitative estimate of drug-likeness (QED) is 0.103. The molecule has 1 aliphatic carbocycles. The molecule has 0 radical (unpaired) electrons. The van der Waals surface area contributed by atoms with E-state index in [9.17, 15) is 37.5 Å². The van der Waals surface area contributed by atoms with Crippen LogP contribution in [0.5, 0.6) is 57.5 Å². The zero-order valence-electron chi connectivity index (χ0n) is 46.8. The molecule has 1 saturated carbocycles. The van der Waals surface area contributed by atoms with Gasteiger partial charge in [0.15, 0.2) is 23.0 Å². The fraction of sp³-hybridized carbons (Fsp3) is 0.175. The van der Waals surface area contributed by atoms with Crippen molar-refractivity contribution in [1.82, 2.24) is 28.2 Å². The number of ether oxygens (including phenoxy) is 8. The normalized spacial score (nSPS) is 13.0. The molecular formula is C63H49F3N8O14. The van der Waals surface area contributed by atoms with E-state index in [0.717, 1.165) is 63.1 Å². The van der Waals surface area contributed by atoms with Crippen LogP contribution >= 0.6 is 0 Å². The average molecular weight is 1200 g/mol. The number of amides is 2. The predicted octanol–water partition coefficient (Wildman–Crippen LogP) is 9.25. The standard InChI is InChI=1S/C33H27FN4O7.C30H22F2N4O7/c1-2-37-18-24(32(40)38(33(37)41)21-7-3-19(34)4-8-21)31(39)36-20-5-9-22(10-6-20)44-26-13-14-35-25-17-27(45-23-11-12-23)29-30(28(25)26)43-16-15-42-29;1-35-15-19(29(38)36(30(35)39)17-5-3-16(31)4-6-17)28(37)34-21-8-7-18(13-20(21)32)43-23-9-10-33-22-14-24(40-2)26-27(25(22)23)42-12-11-41-26/h3-10,13-14,17-18,23H,2,11-12,15-16H2,1H3,(H,36,39);3-10,13-15H,11-12H2,1-2H3,(H,34,37). The highest BCUT2D eigenvalue weighted by Crippen LogP contribution is 2.51. The summed E-state index contributed by atoms with van der Waals surface area (Å²) in [7, 11) is 2.85. The number of hydrogen-bond acceptors (Lipinski definition) is 16. The minimum atomic E-state index is -0.957. The number of halogens is 3. The Hall–Kier alpha value is -11.4. The SMILES string of the molecule is CCn1cc(C(=O)Nc2ccc(Oc3ccnc4cc(OC5CC5)c5c(c34)OCCO5)cc2)c(=O)n(-c2ccc(F)cc2)c1=O.COc1cc2nccc(Oc3ccc(NC(=O)c4cn(C)c(=O)n(-c5ccc(F)cc5)c4=O)c(F)c3)c2c2c1OCCO2. The lowest BCUT2D eigenvalue weighted by atomic mass is 10.1. The maximum absolute atomic E-state index is 15.2. The van der Waals surface area contributed by atoms with Gasteiger partial charge in [-0.1, -0.05) is 0 Å². The molecule has 6 aromatic carbocycles. The number of aromatic nitrogens is 6. The first-order valence-corrected chi connectivity index (χ1v) is 27.4. The topological polar surface area (TPSA) is 246 Å². The second kappa shape index (κ2) is 23.9. The third kappa shape index (κ3) is 11.4. The number of methoxy groups -OCH3 is 1. The highest BCUT2D eigenvalue weighted by Gasteiger charge is 2.31. The summed E-state index contributed by atoms with van der Waals surface area (Å²) in [5.41, 5.74) is -2.33. The van der Waals surface area contributed by atoms with Gasteiger partial charge in [0.25, 0.3) is 22.9 Å². The number of fused-ring (bicyclic) bond motifs is 6. The number of carbonyl (C=O) groups is 2. The number of aryl methyl sites for hydroxylation is 2. The van der Waals surface area contributed by atoms with Gasteiger partial charge >= 0.3 is 11.4 Å². The van der Waals surface area contributed by atoms with Crippen molar-refractivity contribution in [2.75, 3.05) is 44.2 Å². The molecular weight excluding hydrogens is 1150 g/mol. The van der Waals surface area contributed by atoms with Crippen LogP contribution in [0, 0.1) is 17.5 Å². The Morgan fingerprint density at radius 2 is 1.08 bits per heavy atom. The molecule has 22 nitrogen and oxygen atoms in total. The van der Waals surface area contributed by atoms with Gasteiger partial charge in [-0.25, -0.2) is 31.9 Å². The first-order valence-electron chi connectivity index (χ1n) is 27.4. The van der Waals surface area contributed by atoms with Crippen LogP contribution in [0.15, 0.2) is 159 Å². The van der Waals surface area contributed by atoms with Crippen molar-refractivity contribution in [2.45, 2.75) is 32.4 Å². The molecule has 0 unspecified atom stereocenters. The van der Waals surface area contributed by atoms with Crippen LogP contribution in [0.1, 0.15) is 40.5 Å². The van der Waals surface area contributed by atoms with Gasteiger partial charge in [-0.15, -0.1) is 0 Å². The minimum Gasteiger partial charge on any atom is -0.493 e. The van der Waals surface area contributed by atoms with Crippen LogP contribution in [-0.4, -0.2) is 79.7 Å². The van der Waals surface area contributed by atoms with Gasteiger partial charge in [0.1, 0.15) is 78.0 Å². The third-order valence-corrected chi connectivity index (χ3v) is 14.1. The molecule has 0 saturated heterocycles. The molecule has 446 valence electrons. The van der Waals surface area contributed by atoms with Gasteiger partial charge in [-0.3, -0.25) is 33.7 Å². The Labute approximate surface area is 495 Å². The average Bonchev–Trinajstić information content (AvgIpc) is 1.27. The monoisotopic (exact) mass is 1200 g/mol. The van der Waals surface area contributed by atoms with Crippen LogP contribution in [-0.2, 0) is 13.6 Å². The number of carbonyl (C=O) groups excluding carboxylic acids is 2. The fourth-order valence-corrected chi connectivity index (χ4v) is 9.68. The lowest BCUT2D eigenvalue weighted by molar-refractivity contribution is 0.101. The fourth-order valence-electron chi connectivity index (χ4n) is 9.68. The number of hydrogen-bond donors (Lipinski definition) is 2. The first kappa shape index (κ1) is 57.1. The number of anilines is 2. The van der Waals surface area contributed by atoms with E-state index in [1.165, 1.54) is 67.5 Å². The number of nitrogens with one attached hydrogen (secondary N) is 2. The summed E-state index contributed by atoms with van der Waals surface area (Å²) in [6.07, 6.45) is 7.59. The summed E-state index contributed by atoms with van der Waals surface area (Å²) in [6.45, 7) is 3.35. The van der Waals surface area contributed by atoms with Gasteiger partial charge in [-0.2, -0.15) is 0 Å². The van der Waals surface area contributed by atoms with E-state index in [2.05, 4.69) is 20.6 Å².